The molecule has 238 valence electrons. The number of fused-ring (bicyclic) bond motifs is 5. The number of para-hydroxylation sites is 1. The van der Waals surface area contributed by atoms with Gasteiger partial charge in [-0.3, -0.25) is 0 Å². The molecule has 0 bridgehead atoms. The lowest BCUT2D eigenvalue weighted by Gasteiger charge is -2.14. The first-order valence-electron chi connectivity index (χ1n) is 17.2. The van der Waals surface area contributed by atoms with Crippen molar-refractivity contribution in [2.24, 2.45) is 0 Å². The molecule has 51 heavy (non-hydrogen) atoms. The molecule has 0 fully saturated rings. The molecule has 2 aromatic heterocycles. The lowest BCUT2D eigenvalue weighted by Crippen LogP contribution is -2.01. The third kappa shape index (κ3) is 4.96. The molecular weight excluding hydrogens is 621 g/mol. The minimum Gasteiger partial charge on any atom is -0.309 e. The largest absolute Gasteiger partial charge is 0.309 e. The first-order valence-corrected chi connectivity index (χ1v) is 17.2. The van der Waals surface area contributed by atoms with E-state index in [0.29, 0.717) is 17.5 Å². The number of hydrogen-bond acceptors (Lipinski definition) is 3. The maximum Gasteiger partial charge on any atom is 0.164 e. The van der Waals surface area contributed by atoms with Crippen LogP contribution in [0.1, 0.15) is 0 Å². The van der Waals surface area contributed by atoms with Gasteiger partial charge in [-0.25, -0.2) is 15.0 Å². The summed E-state index contributed by atoms with van der Waals surface area (Å²) in [4.78, 5) is 15.5. The van der Waals surface area contributed by atoms with Gasteiger partial charge in [-0.15, -0.1) is 0 Å². The van der Waals surface area contributed by atoms with Gasteiger partial charge >= 0.3 is 0 Å². The zero-order valence-corrected chi connectivity index (χ0v) is 27.6. The van der Waals surface area contributed by atoms with E-state index in [0.717, 1.165) is 55.3 Å². The van der Waals surface area contributed by atoms with Crippen LogP contribution >= 0.6 is 0 Å². The Morgan fingerprint density at radius 2 is 0.902 bits per heavy atom. The molecule has 0 amide bonds. The zero-order chi connectivity index (χ0) is 33.7. The first-order chi connectivity index (χ1) is 25.3. The molecule has 0 aliphatic rings. The smallest absolute Gasteiger partial charge is 0.164 e. The molecule has 0 radical (unpaired) electrons. The van der Waals surface area contributed by atoms with Crippen LogP contribution in [0.15, 0.2) is 182 Å². The third-order valence-electron chi connectivity index (χ3n) is 9.80. The highest BCUT2D eigenvalue weighted by Gasteiger charge is 2.18. The van der Waals surface area contributed by atoms with Crippen LogP contribution in [0.3, 0.4) is 0 Å². The SMILES string of the molecule is c1ccc(-c2nc(-c3cccc(-n4c5ccccc5c5cc6ccccc6cc54)c3)nc(-c3cccc4cccc(-c5ccccc5)c34)n2)cc1. The van der Waals surface area contributed by atoms with E-state index in [1.54, 1.807) is 0 Å². The Kier molecular flexibility index (Phi) is 6.78. The molecule has 0 N–H and O–H groups in total. The van der Waals surface area contributed by atoms with Crippen molar-refractivity contribution in [1.82, 2.24) is 19.5 Å². The lowest BCUT2D eigenvalue weighted by molar-refractivity contribution is 1.07. The normalized spacial score (nSPS) is 11.5. The van der Waals surface area contributed by atoms with Crippen molar-refractivity contribution in [3.8, 4) is 51.0 Å². The molecule has 0 unspecified atom stereocenters. The molecule has 0 atom stereocenters. The summed E-state index contributed by atoms with van der Waals surface area (Å²) >= 11 is 0. The van der Waals surface area contributed by atoms with Crippen molar-refractivity contribution in [1.29, 1.82) is 0 Å². The van der Waals surface area contributed by atoms with Gasteiger partial charge in [0, 0.05) is 38.5 Å². The Labute approximate surface area is 295 Å². The molecule has 0 spiro atoms. The summed E-state index contributed by atoms with van der Waals surface area (Å²) in [6, 6.07) is 63.9. The Bertz CT molecular complexity index is 2900. The Hall–Kier alpha value is -6.91. The lowest BCUT2D eigenvalue weighted by atomic mass is 9.94. The van der Waals surface area contributed by atoms with Gasteiger partial charge in [0.25, 0.3) is 0 Å². The fraction of sp³-hybridized carbons (Fsp3) is 0. The minimum absolute atomic E-state index is 0.626. The fourth-order valence-electron chi connectivity index (χ4n) is 7.44. The molecule has 8 aromatic carbocycles. The predicted octanol–water partition coefficient (Wildman–Crippen LogP) is 11.9. The molecule has 10 rings (SSSR count). The second kappa shape index (κ2) is 11.9. The van der Waals surface area contributed by atoms with Gasteiger partial charge in [-0.05, 0) is 57.6 Å². The van der Waals surface area contributed by atoms with E-state index in [1.807, 2.05) is 18.2 Å². The average Bonchev–Trinajstić information content (AvgIpc) is 3.53. The average molecular weight is 651 g/mol. The van der Waals surface area contributed by atoms with Crippen molar-refractivity contribution in [3.05, 3.63) is 182 Å². The van der Waals surface area contributed by atoms with Gasteiger partial charge in [0.1, 0.15) is 0 Å². The van der Waals surface area contributed by atoms with E-state index >= 15 is 0 Å². The highest BCUT2D eigenvalue weighted by molar-refractivity contribution is 6.13. The fourth-order valence-corrected chi connectivity index (χ4v) is 7.44. The van der Waals surface area contributed by atoms with Crippen molar-refractivity contribution in [2.75, 3.05) is 0 Å². The monoisotopic (exact) mass is 650 g/mol. The van der Waals surface area contributed by atoms with Crippen LogP contribution in [0.5, 0.6) is 0 Å². The maximum absolute atomic E-state index is 5.24. The summed E-state index contributed by atoms with van der Waals surface area (Å²) in [5.41, 5.74) is 8.50. The highest BCUT2D eigenvalue weighted by atomic mass is 15.0. The predicted molar refractivity (Wildman–Crippen MR) is 211 cm³/mol. The summed E-state index contributed by atoms with van der Waals surface area (Å²) in [7, 11) is 0. The van der Waals surface area contributed by atoms with Crippen molar-refractivity contribution < 1.29 is 0 Å². The molecule has 2 heterocycles. The minimum atomic E-state index is 0.626. The van der Waals surface area contributed by atoms with Crippen molar-refractivity contribution in [2.45, 2.75) is 0 Å². The van der Waals surface area contributed by atoms with Crippen LogP contribution in [0, 0.1) is 0 Å². The molecular formula is C47H30N4. The molecule has 4 nitrogen and oxygen atoms in total. The number of hydrogen-bond donors (Lipinski definition) is 0. The van der Waals surface area contributed by atoms with Gasteiger partial charge in [-0.1, -0.05) is 152 Å². The summed E-state index contributed by atoms with van der Waals surface area (Å²) < 4.78 is 2.36. The van der Waals surface area contributed by atoms with E-state index in [2.05, 4.69) is 168 Å². The molecule has 4 heteroatoms. The maximum atomic E-state index is 5.24. The van der Waals surface area contributed by atoms with Gasteiger partial charge < -0.3 is 4.57 Å². The van der Waals surface area contributed by atoms with E-state index < -0.39 is 0 Å². The van der Waals surface area contributed by atoms with Crippen LogP contribution in [-0.4, -0.2) is 19.5 Å². The van der Waals surface area contributed by atoms with Gasteiger partial charge in [-0.2, -0.15) is 0 Å². The Balaban J connectivity index is 1.20. The van der Waals surface area contributed by atoms with Gasteiger partial charge in [0.15, 0.2) is 17.5 Å². The van der Waals surface area contributed by atoms with E-state index in [4.69, 9.17) is 15.0 Å². The summed E-state index contributed by atoms with van der Waals surface area (Å²) in [5, 5.41) is 7.16. The van der Waals surface area contributed by atoms with Crippen LogP contribution < -0.4 is 0 Å². The Morgan fingerprint density at radius 3 is 1.69 bits per heavy atom. The molecule has 0 aliphatic carbocycles. The van der Waals surface area contributed by atoms with Crippen LogP contribution in [0.4, 0.5) is 0 Å². The van der Waals surface area contributed by atoms with E-state index in [-0.39, 0.29) is 0 Å². The Morgan fingerprint density at radius 1 is 0.333 bits per heavy atom. The standard InChI is InChI=1S/C47H30N4/c1-3-14-31(15-4-1)38-25-12-20-32-21-13-26-40(44(32)38)47-49-45(33-16-5-2-6-17-33)48-46(50-47)36-22-11-23-37(28-36)51-42-27-10-9-24-39(42)41-29-34-18-7-8-19-35(34)30-43(41)51/h1-30H. The van der Waals surface area contributed by atoms with Crippen LogP contribution in [0.2, 0.25) is 0 Å². The second-order valence-electron chi connectivity index (χ2n) is 12.9. The number of rotatable bonds is 5. The second-order valence-corrected chi connectivity index (χ2v) is 12.9. The van der Waals surface area contributed by atoms with Gasteiger partial charge in [0.2, 0.25) is 0 Å². The zero-order valence-electron chi connectivity index (χ0n) is 27.6. The summed E-state index contributed by atoms with van der Waals surface area (Å²) in [6.07, 6.45) is 0. The van der Waals surface area contributed by atoms with Gasteiger partial charge in [0.05, 0.1) is 11.0 Å². The van der Waals surface area contributed by atoms with E-state index in [1.165, 1.54) is 21.5 Å². The quantitative estimate of drug-likeness (QED) is 0.186. The number of aromatic nitrogens is 4. The van der Waals surface area contributed by atoms with Crippen LogP contribution in [0.25, 0.3) is 94.3 Å². The van der Waals surface area contributed by atoms with E-state index in [9.17, 15) is 0 Å². The summed E-state index contributed by atoms with van der Waals surface area (Å²) in [6.45, 7) is 0. The molecule has 0 saturated heterocycles. The highest BCUT2D eigenvalue weighted by Crippen LogP contribution is 2.38. The van der Waals surface area contributed by atoms with Crippen LogP contribution in [-0.2, 0) is 0 Å². The first kappa shape index (κ1) is 29.0. The van der Waals surface area contributed by atoms with Crippen molar-refractivity contribution in [3.63, 3.8) is 0 Å². The van der Waals surface area contributed by atoms with Crippen molar-refractivity contribution >= 4 is 43.4 Å². The number of nitrogens with zero attached hydrogens (tertiary/aromatic N) is 4. The molecule has 0 saturated carbocycles. The number of benzene rings is 8. The summed E-state index contributed by atoms with van der Waals surface area (Å²) in [5.74, 6) is 1.90. The topological polar surface area (TPSA) is 43.6 Å². The third-order valence-corrected chi connectivity index (χ3v) is 9.80. The molecule has 10 aromatic rings. The molecule has 0 aliphatic heterocycles.